The molecule has 3 rings (SSSR count). The van der Waals surface area contributed by atoms with Crippen LogP contribution >= 0.6 is 0 Å². The van der Waals surface area contributed by atoms with Crippen molar-refractivity contribution in [1.82, 2.24) is 0 Å². The second kappa shape index (κ2) is 8.00. The van der Waals surface area contributed by atoms with Crippen molar-refractivity contribution in [2.75, 3.05) is 5.32 Å². The number of nitrogens with one attached hydrogen (secondary N) is 1. The molecule has 0 saturated carbocycles. The minimum Gasteiger partial charge on any atom is -0.325 e. The Kier molecular flexibility index (Phi) is 5.51. The smallest absolute Gasteiger partial charge is 0.231 e. The van der Waals surface area contributed by atoms with Crippen molar-refractivity contribution in [3.63, 3.8) is 0 Å². The maximum atomic E-state index is 12.7. The number of ketones is 1. The van der Waals surface area contributed by atoms with Crippen LogP contribution in [0.25, 0.3) is 0 Å². The summed E-state index contributed by atoms with van der Waals surface area (Å²) in [5, 5.41) is 3.01. The molecule has 0 aromatic heterocycles. The molecule has 3 nitrogen and oxygen atoms in total. The summed E-state index contributed by atoms with van der Waals surface area (Å²) >= 11 is 0. The van der Waals surface area contributed by atoms with Gasteiger partial charge in [0, 0.05) is 16.8 Å². The van der Waals surface area contributed by atoms with Crippen molar-refractivity contribution < 1.29 is 9.59 Å². The zero-order valence-corrected chi connectivity index (χ0v) is 15.8. The third kappa shape index (κ3) is 4.32. The molecule has 3 aromatic carbocycles. The highest BCUT2D eigenvalue weighted by atomic mass is 16.2. The molecule has 0 bridgehead atoms. The van der Waals surface area contributed by atoms with Crippen LogP contribution in [0.1, 0.15) is 45.5 Å². The van der Waals surface area contributed by atoms with Crippen LogP contribution < -0.4 is 5.32 Å². The molecule has 136 valence electrons. The van der Waals surface area contributed by atoms with Gasteiger partial charge in [-0.15, -0.1) is 0 Å². The molecule has 0 heterocycles. The molecule has 3 aromatic rings. The Morgan fingerprint density at radius 1 is 0.815 bits per heavy atom. The molecule has 0 aliphatic carbocycles. The molecular weight excluding hydrogens is 334 g/mol. The highest BCUT2D eigenvalue weighted by Crippen LogP contribution is 2.22. The van der Waals surface area contributed by atoms with Gasteiger partial charge in [-0.3, -0.25) is 9.59 Å². The van der Waals surface area contributed by atoms with E-state index in [1.807, 2.05) is 75.4 Å². The summed E-state index contributed by atoms with van der Waals surface area (Å²) in [5.41, 5.74) is 4.99. The highest BCUT2D eigenvalue weighted by Gasteiger charge is 2.18. The van der Waals surface area contributed by atoms with E-state index in [2.05, 4.69) is 5.32 Å². The van der Waals surface area contributed by atoms with Gasteiger partial charge < -0.3 is 5.32 Å². The quantitative estimate of drug-likeness (QED) is 0.632. The normalized spacial score (nSPS) is 11.7. The van der Waals surface area contributed by atoms with Crippen molar-refractivity contribution >= 4 is 17.4 Å². The van der Waals surface area contributed by atoms with Crippen LogP contribution in [0.2, 0.25) is 0 Å². The van der Waals surface area contributed by atoms with Gasteiger partial charge in [0.15, 0.2) is 5.78 Å². The van der Waals surface area contributed by atoms with Gasteiger partial charge in [-0.05, 0) is 49.6 Å². The number of hydrogen-bond donors (Lipinski definition) is 1. The summed E-state index contributed by atoms with van der Waals surface area (Å²) in [5.74, 6) is -0.499. The molecule has 0 saturated heterocycles. The van der Waals surface area contributed by atoms with E-state index < -0.39 is 0 Å². The third-order valence-electron chi connectivity index (χ3n) is 4.73. The summed E-state index contributed by atoms with van der Waals surface area (Å²) in [6.07, 6.45) is 0. The zero-order chi connectivity index (χ0) is 19.4. The van der Waals surface area contributed by atoms with E-state index in [4.69, 9.17) is 0 Å². The van der Waals surface area contributed by atoms with E-state index >= 15 is 0 Å². The maximum Gasteiger partial charge on any atom is 0.231 e. The van der Waals surface area contributed by atoms with Gasteiger partial charge >= 0.3 is 0 Å². The average Bonchev–Trinajstić information content (AvgIpc) is 2.70. The minimum absolute atomic E-state index is 0.0420. The Labute approximate surface area is 160 Å². The van der Waals surface area contributed by atoms with E-state index in [9.17, 15) is 9.59 Å². The molecule has 1 atom stereocenters. The molecule has 0 fully saturated rings. The first-order valence-corrected chi connectivity index (χ1v) is 9.03. The van der Waals surface area contributed by atoms with Crippen LogP contribution in [0.15, 0.2) is 72.8 Å². The van der Waals surface area contributed by atoms with Crippen molar-refractivity contribution in [1.29, 1.82) is 0 Å². The highest BCUT2D eigenvalue weighted by molar-refractivity contribution is 6.09. The fourth-order valence-corrected chi connectivity index (χ4v) is 2.97. The third-order valence-corrected chi connectivity index (χ3v) is 4.73. The second-order valence-corrected chi connectivity index (χ2v) is 6.85. The first-order chi connectivity index (χ1) is 13.0. The topological polar surface area (TPSA) is 46.2 Å². The predicted octanol–water partition coefficient (Wildman–Crippen LogP) is 5.28. The number of carbonyl (C=O) groups excluding carboxylic acids is 2. The van der Waals surface area contributed by atoms with Crippen molar-refractivity contribution in [3.8, 4) is 0 Å². The number of hydrogen-bond acceptors (Lipinski definition) is 2. The van der Waals surface area contributed by atoms with Gasteiger partial charge in [0.1, 0.15) is 0 Å². The number of amides is 1. The molecule has 0 radical (unpaired) electrons. The predicted molar refractivity (Wildman–Crippen MR) is 109 cm³/mol. The van der Waals surface area contributed by atoms with E-state index in [-0.39, 0.29) is 17.6 Å². The Balaban J connectivity index is 1.80. The van der Waals surface area contributed by atoms with Crippen LogP contribution in [0.4, 0.5) is 5.69 Å². The van der Waals surface area contributed by atoms with E-state index in [1.54, 1.807) is 18.2 Å². The summed E-state index contributed by atoms with van der Waals surface area (Å²) in [6, 6.07) is 22.5. The lowest BCUT2D eigenvalue weighted by Gasteiger charge is -2.15. The fraction of sp³-hybridized carbons (Fsp3) is 0.167. The van der Waals surface area contributed by atoms with E-state index in [1.165, 1.54) is 0 Å². The average molecular weight is 357 g/mol. The largest absolute Gasteiger partial charge is 0.325 e. The lowest BCUT2D eigenvalue weighted by Crippen LogP contribution is -2.19. The Morgan fingerprint density at radius 3 is 2.26 bits per heavy atom. The van der Waals surface area contributed by atoms with Crippen LogP contribution in [0.3, 0.4) is 0 Å². The van der Waals surface area contributed by atoms with Crippen LogP contribution in [-0.2, 0) is 4.79 Å². The van der Waals surface area contributed by atoms with E-state index in [0.29, 0.717) is 11.1 Å². The van der Waals surface area contributed by atoms with E-state index in [0.717, 1.165) is 22.4 Å². The van der Waals surface area contributed by atoms with Crippen LogP contribution in [0, 0.1) is 13.8 Å². The standard InChI is InChI=1S/C24H23NO2/c1-16-12-13-17(2)22(14-16)25-24(27)18(3)20-10-7-11-21(15-20)23(26)19-8-5-4-6-9-19/h4-15,18H,1-3H3,(H,25,27). The summed E-state index contributed by atoms with van der Waals surface area (Å²) < 4.78 is 0. The Hall–Kier alpha value is -3.20. The number of anilines is 1. The first kappa shape index (κ1) is 18.6. The molecule has 0 spiro atoms. The second-order valence-electron chi connectivity index (χ2n) is 6.85. The molecule has 1 amide bonds. The van der Waals surface area contributed by atoms with Crippen LogP contribution in [-0.4, -0.2) is 11.7 Å². The molecule has 1 N–H and O–H groups in total. The Bertz CT molecular complexity index is 977. The molecule has 0 aliphatic rings. The SMILES string of the molecule is Cc1ccc(C)c(NC(=O)C(C)c2cccc(C(=O)c3ccccc3)c2)c1. The van der Waals surface area contributed by atoms with Crippen molar-refractivity contribution in [2.24, 2.45) is 0 Å². The molecule has 1 unspecified atom stereocenters. The summed E-state index contributed by atoms with van der Waals surface area (Å²) in [6.45, 7) is 5.82. The number of rotatable bonds is 5. The molecule has 3 heteroatoms. The lowest BCUT2D eigenvalue weighted by atomic mass is 9.95. The van der Waals surface area contributed by atoms with Gasteiger partial charge in [-0.1, -0.05) is 60.7 Å². The van der Waals surface area contributed by atoms with Crippen LogP contribution in [0.5, 0.6) is 0 Å². The molecule has 0 aliphatic heterocycles. The minimum atomic E-state index is -0.367. The zero-order valence-electron chi connectivity index (χ0n) is 15.8. The number of carbonyl (C=O) groups is 2. The Morgan fingerprint density at radius 2 is 1.52 bits per heavy atom. The van der Waals surface area contributed by atoms with Crippen molar-refractivity contribution in [3.05, 3.63) is 101 Å². The molecule has 27 heavy (non-hydrogen) atoms. The van der Waals surface area contributed by atoms with Gasteiger partial charge in [-0.2, -0.15) is 0 Å². The van der Waals surface area contributed by atoms with Gasteiger partial charge in [0.2, 0.25) is 5.91 Å². The fourth-order valence-electron chi connectivity index (χ4n) is 2.97. The monoisotopic (exact) mass is 357 g/mol. The molecular formula is C24H23NO2. The van der Waals surface area contributed by atoms with Gasteiger partial charge in [0.05, 0.1) is 5.92 Å². The summed E-state index contributed by atoms with van der Waals surface area (Å²) in [4.78, 5) is 25.4. The summed E-state index contributed by atoms with van der Waals surface area (Å²) in [7, 11) is 0. The first-order valence-electron chi connectivity index (χ1n) is 9.03. The number of benzene rings is 3. The van der Waals surface area contributed by atoms with Gasteiger partial charge in [-0.25, -0.2) is 0 Å². The van der Waals surface area contributed by atoms with Gasteiger partial charge in [0.25, 0.3) is 0 Å². The maximum absolute atomic E-state index is 12.7. The number of aryl methyl sites for hydroxylation is 2. The lowest BCUT2D eigenvalue weighted by molar-refractivity contribution is -0.117. The van der Waals surface area contributed by atoms with Crippen molar-refractivity contribution in [2.45, 2.75) is 26.7 Å².